The van der Waals surface area contributed by atoms with Crippen LogP contribution in [0.15, 0.2) is 35.4 Å². The lowest BCUT2D eigenvalue weighted by molar-refractivity contribution is 1.15. The van der Waals surface area contributed by atoms with E-state index < -0.39 is 0 Å². The molecule has 0 saturated heterocycles. The van der Waals surface area contributed by atoms with Gasteiger partial charge in [0.1, 0.15) is 11.0 Å². The predicted octanol–water partition coefficient (Wildman–Crippen LogP) is 1.46. The minimum Gasteiger partial charge on any atom is -0.357 e. The maximum Gasteiger partial charge on any atom is 0.214 e. The summed E-state index contributed by atoms with van der Waals surface area (Å²) in [6.07, 6.45) is 3.25. The van der Waals surface area contributed by atoms with Crippen molar-refractivity contribution in [3.05, 3.63) is 40.8 Å². The summed E-state index contributed by atoms with van der Waals surface area (Å²) < 4.78 is 0. The van der Waals surface area contributed by atoms with Crippen molar-refractivity contribution in [2.45, 2.75) is 0 Å². The van der Waals surface area contributed by atoms with E-state index in [0.29, 0.717) is 21.9 Å². The molecule has 2 aromatic carbocycles. The molecule has 0 unspecified atom stereocenters. The SMILES string of the molecule is O=c1c2cccc3nnc(c4[nH]ccnc14)c32. The lowest BCUT2D eigenvalue weighted by Crippen LogP contribution is -2.05. The summed E-state index contributed by atoms with van der Waals surface area (Å²) in [5.41, 5.74) is 2.43. The highest BCUT2D eigenvalue weighted by Crippen LogP contribution is 2.26. The zero-order chi connectivity index (χ0) is 11.4. The highest BCUT2D eigenvalue weighted by atomic mass is 16.1. The van der Waals surface area contributed by atoms with Gasteiger partial charge < -0.3 is 4.98 Å². The average molecular weight is 222 g/mol. The minimum atomic E-state index is -0.0789. The van der Waals surface area contributed by atoms with Crippen molar-refractivity contribution >= 4 is 32.8 Å². The first-order chi connectivity index (χ1) is 8.36. The van der Waals surface area contributed by atoms with Crippen molar-refractivity contribution in [3.63, 3.8) is 0 Å². The van der Waals surface area contributed by atoms with Crippen molar-refractivity contribution < 1.29 is 0 Å². The molecule has 0 aliphatic heterocycles. The summed E-state index contributed by atoms with van der Waals surface area (Å²) in [5.74, 6) is 0. The number of nitrogens with one attached hydrogen (secondary N) is 1. The van der Waals surface area contributed by atoms with Crippen molar-refractivity contribution in [2.75, 3.05) is 0 Å². The molecule has 0 radical (unpaired) electrons. The first-order valence-corrected chi connectivity index (χ1v) is 5.20. The molecule has 0 aliphatic rings. The smallest absolute Gasteiger partial charge is 0.214 e. The van der Waals surface area contributed by atoms with Gasteiger partial charge >= 0.3 is 0 Å². The maximum atomic E-state index is 12.3. The Morgan fingerprint density at radius 1 is 1.12 bits per heavy atom. The van der Waals surface area contributed by atoms with E-state index in [-0.39, 0.29) is 5.43 Å². The Morgan fingerprint density at radius 3 is 3.00 bits per heavy atom. The van der Waals surface area contributed by atoms with Crippen LogP contribution in [0.2, 0.25) is 0 Å². The van der Waals surface area contributed by atoms with Crippen molar-refractivity contribution in [1.82, 2.24) is 20.2 Å². The number of H-pyrrole nitrogens is 1. The minimum absolute atomic E-state index is 0.0789. The lowest BCUT2D eigenvalue weighted by atomic mass is 10.1. The Bertz CT molecular complexity index is 912. The second-order valence-corrected chi connectivity index (χ2v) is 3.89. The van der Waals surface area contributed by atoms with Crippen LogP contribution in [-0.4, -0.2) is 20.2 Å². The maximum absolute atomic E-state index is 12.3. The van der Waals surface area contributed by atoms with E-state index in [1.165, 1.54) is 0 Å². The molecule has 4 aromatic rings. The Hall–Kier alpha value is -2.56. The molecule has 5 heteroatoms. The van der Waals surface area contributed by atoms with E-state index >= 15 is 0 Å². The molecule has 0 bridgehead atoms. The van der Waals surface area contributed by atoms with Gasteiger partial charge in [-0.2, -0.15) is 0 Å². The third kappa shape index (κ3) is 0.932. The number of hydrogen-bond acceptors (Lipinski definition) is 4. The Labute approximate surface area is 94.5 Å². The normalized spacial score (nSPS) is 11.8. The van der Waals surface area contributed by atoms with Gasteiger partial charge in [0.15, 0.2) is 0 Å². The molecule has 2 aromatic heterocycles. The Kier molecular flexibility index (Phi) is 1.39. The largest absolute Gasteiger partial charge is 0.357 e. The summed E-state index contributed by atoms with van der Waals surface area (Å²) in [6.45, 7) is 0. The fourth-order valence-electron chi connectivity index (χ4n) is 2.24. The van der Waals surface area contributed by atoms with Gasteiger partial charge in [0.25, 0.3) is 0 Å². The zero-order valence-electron chi connectivity index (χ0n) is 8.64. The second kappa shape index (κ2) is 2.76. The number of nitrogens with zero attached hydrogens (tertiary/aromatic N) is 3. The molecular weight excluding hydrogens is 216 g/mol. The number of hydrogen-bond donors (Lipinski definition) is 1. The molecule has 0 atom stereocenters. The van der Waals surface area contributed by atoms with Crippen LogP contribution in [0.25, 0.3) is 32.8 Å². The average Bonchev–Trinajstić information content (AvgIpc) is 2.81. The molecule has 1 N–H and O–H groups in total. The van der Waals surface area contributed by atoms with Gasteiger partial charge in [0, 0.05) is 23.2 Å². The molecule has 0 saturated carbocycles. The quantitative estimate of drug-likeness (QED) is 0.457. The van der Waals surface area contributed by atoms with Gasteiger partial charge in [-0.15, -0.1) is 10.2 Å². The summed E-state index contributed by atoms with van der Waals surface area (Å²) in [5, 5.41) is 9.64. The number of benzene rings is 2. The van der Waals surface area contributed by atoms with E-state index in [1.54, 1.807) is 18.5 Å². The monoisotopic (exact) mass is 222 g/mol. The lowest BCUT2D eigenvalue weighted by Gasteiger charge is -1.99. The van der Waals surface area contributed by atoms with Gasteiger partial charge in [-0.05, 0) is 6.07 Å². The van der Waals surface area contributed by atoms with E-state index in [1.807, 2.05) is 12.1 Å². The van der Waals surface area contributed by atoms with Crippen LogP contribution in [0.5, 0.6) is 0 Å². The van der Waals surface area contributed by atoms with E-state index in [9.17, 15) is 4.79 Å². The van der Waals surface area contributed by atoms with Crippen LogP contribution >= 0.6 is 0 Å². The van der Waals surface area contributed by atoms with E-state index in [4.69, 9.17) is 0 Å². The van der Waals surface area contributed by atoms with E-state index in [2.05, 4.69) is 20.2 Å². The van der Waals surface area contributed by atoms with Crippen molar-refractivity contribution in [2.24, 2.45) is 0 Å². The fraction of sp³-hybridized carbons (Fsp3) is 0. The topological polar surface area (TPSA) is 71.5 Å². The molecule has 5 nitrogen and oxygen atoms in total. The first-order valence-electron chi connectivity index (χ1n) is 5.20. The number of fused-ring (bicyclic) bond motifs is 2. The van der Waals surface area contributed by atoms with Crippen LogP contribution in [0.4, 0.5) is 0 Å². The van der Waals surface area contributed by atoms with Gasteiger partial charge in [0.2, 0.25) is 5.43 Å². The number of aromatic amines is 1. The fourth-order valence-corrected chi connectivity index (χ4v) is 2.24. The van der Waals surface area contributed by atoms with Gasteiger partial charge in [0.05, 0.1) is 11.0 Å². The molecule has 0 amide bonds. The van der Waals surface area contributed by atoms with Crippen LogP contribution in [0.3, 0.4) is 0 Å². The highest BCUT2D eigenvalue weighted by Gasteiger charge is 2.15. The molecule has 80 valence electrons. The van der Waals surface area contributed by atoms with Crippen LogP contribution in [0, 0.1) is 0 Å². The second-order valence-electron chi connectivity index (χ2n) is 3.89. The molecule has 0 spiro atoms. The van der Waals surface area contributed by atoms with Crippen LogP contribution in [-0.2, 0) is 0 Å². The molecule has 4 rings (SSSR count). The van der Waals surface area contributed by atoms with E-state index in [0.717, 1.165) is 10.9 Å². The Morgan fingerprint density at radius 2 is 2.06 bits per heavy atom. The summed E-state index contributed by atoms with van der Waals surface area (Å²) in [7, 11) is 0. The summed E-state index contributed by atoms with van der Waals surface area (Å²) in [4.78, 5) is 19.4. The molecule has 0 fully saturated rings. The number of rotatable bonds is 0. The zero-order valence-corrected chi connectivity index (χ0v) is 8.64. The van der Waals surface area contributed by atoms with Crippen LogP contribution in [0.1, 0.15) is 0 Å². The van der Waals surface area contributed by atoms with Crippen molar-refractivity contribution in [1.29, 1.82) is 0 Å². The molecule has 0 aliphatic carbocycles. The third-order valence-corrected chi connectivity index (χ3v) is 2.98. The molecule has 2 heterocycles. The van der Waals surface area contributed by atoms with Gasteiger partial charge in [-0.25, -0.2) is 4.98 Å². The third-order valence-electron chi connectivity index (χ3n) is 2.98. The molecular formula is C12H6N4O. The number of aromatic nitrogens is 4. The van der Waals surface area contributed by atoms with Gasteiger partial charge in [-0.1, -0.05) is 12.1 Å². The standard InChI is InChI=1S/C12H6N4O/c17-12-6-2-1-3-7-8(6)9(16-15-7)10-11(12)14-5-4-13-10/h1-5,13H. The van der Waals surface area contributed by atoms with Crippen LogP contribution < -0.4 is 5.43 Å². The molecule has 17 heavy (non-hydrogen) atoms. The van der Waals surface area contributed by atoms with Gasteiger partial charge in [-0.3, -0.25) is 4.79 Å². The summed E-state index contributed by atoms with van der Waals surface area (Å²) >= 11 is 0. The van der Waals surface area contributed by atoms with Crippen molar-refractivity contribution in [3.8, 4) is 0 Å². The predicted molar refractivity (Wildman–Crippen MR) is 64.2 cm³/mol. The first kappa shape index (κ1) is 8.58. The summed E-state index contributed by atoms with van der Waals surface area (Å²) in [6, 6.07) is 5.45. The highest BCUT2D eigenvalue weighted by molar-refractivity contribution is 6.16. The Balaban J connectivity index is 2.53.